The molecule has 0 aliphatic carbocycles. The quantitative estimate of drug-likeness (QED) is 0.554. The van der Waals surface area contributed by atoms with E-state index in [1.54, 1.807) is 24.3 Å². The normalized spacial score (nSPS) is 10.8. The number of hydrogen-bond donors (Lipinski definition) is 2. The Bertz CT molecular complexity index is 905. The number of anilines is 2. The van der Waals surface area contributed by atoms with Crippen molar-refractivity contribution >= 4 is 40.0 Å². The van der Waals surface area contributed by atoms with Crippen LogP contribution in [0.15, 0.2) is 33.9 Å². The monoisotopic (exact) mass is 486 g/mol. The summed E-state index contributed by atoms with van der Waals surface area (Å²) in [4.78, 5) is 41.2. The predicted octanol–water partition coefficient (Wildman–Crippen LogP) is 1.82. The van der Waals surface area contributed by atoms with Crippen molar-refractivity contribution in [3.05, 3.63) is 54.2 Å². The minimum Gasteiger partial charge on any atom is -0.383 e. The summed E-state index contributed by atoms with van der Waals surface area (Å²) in [5.41, 5.74) is 5.25. The molecule has 1 heterocycles. The van der Waals surface area contributed by atoms with Gasteiger partial charge in [0.05, 0.1) is 6.61 Å². The highest BCUT2D eigenvalue weighted by atomic mass is 127. The lowest BCUT2D eigenvalue weighted by atomic mass is 10.2. The number of H-pyrrole nitrogens is 1. The molecule has 0 aliphatic heterocycles. The van der Waals surface area contributed by atoms with Crippen LogP contribution in [0.5, 0.6) is 0 Å². The van der Waals surface area contributed by atoms with Crippen LogP contribution in [-0.4, -0.2) is 35.7 Å². The smallest absolute Gasteiger partial charge is 0.330 e. The number of ether oxygens (including phenoxy) is 1. The molecule has 1 aromatic heterocycles. The molecule has 0 saturated carbocycles. The van der Waals surface area contributed by atoms with Gasteiger partial charge in [-0.1, -0.05) is 13.3 Å². The topological polar surface area (TPSA) is 110 Å². The number of methoxy groups -OCH3 is 1. The van der Waals surface area contributed by atoms with Crippen LogP contribution >= 0.6 is 22.6 Å². The van der Waals surface area contributed by atoms with Crippen LogP contribution < -0.4 is 21.9 Å². The van der Waals surface area contributed by atoms with Crippen molar-refractivity contribution in [2.45, 2.75) is 26.3 Å². The third-order valence-electron chi connectivity index (χ3n) is 4.07. The van der Waals surface area contributed by atoms with Crippen molar-refractivity contribution in [1.82, 2.24) is 9.55 Å². The van der Waals surface area contributed by atoms with Crippen LogP contribution in [0.2, 0.25) is 0 Å². The minimum atomic E-state index is -0.694. The van der Waals surface area contributed by atoms with Gasteiger partial charge in [0.2, 0.25) is 0 Å². The molecule has 8 nitrogen and oxygen atoms in total. The van der Waals surface area contributed by atoms with E-state index >= 15 is 0 Å². The molecule has 0 atom stereocenters. The molecular weight excluding hydrogens is 463 g/mol. The lowest BCUT2D eigenvalue weighted by Gasteiger charge is -2.24. The maximum Gasteiger partial charge on any atom is 0.330 e. The van der Waals surface area contributed by atoms with Crippen molar-refractivity contribution in [2.75, 3.05) is 30.9 Å². The second-order valence-electron chi connectivity index (χ2n) is 5.95. The average Bonchev–Trinajstić information content (AvgIpc) is 2.64. The molecule has 0 radical (unpaired) electrons. The number of nitrogens with two attached hydrogens (primary N) is 1. The highest BCUT2D eigenvalue weighted by molar-refractivity contribution is 14.1. The number of unbranched alkanes of at least 4 members (excludes halogenated alkanes) is 1. The molecule has 1 amide bonds. The zero-order chi connectivity index (χ0) is 20.0. The molecule has 2 rings (SSSR count). The van der Waals surface area contributed by atoms with Gasteiger partial charge in [0, 0.05) is 29.3 Å². The number of amides is 1. The fraction of sp³-hybridized carbons (Fsp3) is 0.389. The number of benzene rings is 1. The number of nitrogens with one attached hydrogen (secondary N) is 1. The average molecular weight is 486 g/mol. The highest BCUT2D eigenvalue weighted by Crippen LogP contribution is 2.20. The van der Waals surface area contributed by atoms with Crippen molar-refractivity contribution in [2.24, 2.45) is 0 Å². The number of rotatable bonds is 8. The van der Waals surface area contributed by atoms with E-state index in [1.807, 2.05) is 6.92 Å². The van der Waals surface area contributed by atoms with E-state index in [0.717, 1.165) is 16.4 Å². The summed E-state index contributed by atoms with van der Waals surface area (Å²) in [6, 6.07) is 6.97. The second-order valence-corrected chi connectivity index (χ2v) is 7.20. The van der Waals surface area contributed by atoms with Gasteiger partial charge in [0.15, 0.2) is 5.69 Å². The van der Waals surface area contributed by atoms with Gasteiger partial charge < -0.3 is 10.5 Å². The van der Waals surface area contributed by atoms with Crippen molar-refractivity contribution in [3.8, 4) is 0 Å². The molecule has 1 aromatic carbocycles. The standard InChI is InChI=1S/C18H23IN4O4/c1-3-4-9-23-15(20)14(16(24)21-18(23)26)22(10-11-27-2)17(25)12-5-7-13(19)8-6-12/h5-8H,3-4,9-11,20H2,1-2H3,(H,21,24,26). The van der Waals surface area contributed by atoms with Crippen LogP contribution in [0.25, 0.3) is 0 Å². The van der Waals surface area contributed by atoms with Crippen LogP contribution in [0.1, 0.15) is 30.1 Å². The van der Waals surface area contributed by atoms with Gasteiger partial charge in [0.25, 0.3) is 11.5 Å². The molecule has 0 fully saturated rings. The molecule has 0 saturated heterocycles. The first kappa shape index (κ1) is 21.2. The number of nitrogens with zero attached hydrogens (tertiary/aromatic N) is 2. The van der Waals surface area contributed by atoms with Gasteiger partial charge >= 0.3 is 5.69 Å². The number of nitrogen functional groups attached to an aromatic ring is 1. The summed E-state index contributed by atoms with van der Waals surface area (Å²) in [5.74, 6) is -0.409. The van der Waals surface area contributed by atoms with E-state index in [4.69, 9.17) is 10.5 Å². The minimum absolute atomic E-state index is 0.0211. The lowest BCUT2D eigenvalue weighted by Crippen LogP contribution is -2.42. The first-order valence-electron chi connectivity index (χ1n) is 8.59. The number of aromatic nitrogens is 2. The molecule has 27 heavy (non-hydrogen) atoms. The Morgan fingerprint density at radius 1 is 1.30 bits per heavy atom. The van der Waals surface area contributed by atoms with Crippen LogP contribution in [0.4, 0.5) is 11.5 Å². The van der Waals surface area contributed by atoms with Gasteiger partial charge in [-0.3, -0.25) is 24.0 Å². The van der Waals surface area contributed by atoms with Crippen molar-refractivity contribution in [1.29, 1.82) is 0 Å². The summed E-state index contributed by atoms with van der Waals surface area (Å²) in [5, 5.41) is 0. The van der Waals surface area contributed by atoms with E-state index in [0.29, 0.717) is 12.1 Å². The lowest BCUT2D eigenvalue weighted by molar-refractivity contribution is 0.0975. The molecule has 3 N–H and O–H groups in total. The number of halogens is 1. The SMILES string of the molecule is CCCCn1c(N)c(N(CCOC)C(=O)c2ccc(I)cc2)c(=O)[nH]c1=O. The van der Waals surface area contributed by atoms with Crippen molar-refractivity contribution in [3.63, 3.8) is 0 Å². The summed E-state index contributed by atoms with van der Waals surface area (Å²) in [6.45, 7) is 2.68. The Hall–Kier alpha value is -2.14. The van der Waals surface area contributed by atoms with Gasteiger partial charge in [-0.05, 0) is 53.3 Å². The van der Waals surface area contributed by atoms with Crippen LogP contribution in [0, 0.1) is 3.57 Å². The fourth-order valence-electron chi connectivity index (χ4n) is 2.62. The largest absolute Gasteiger partial charge is 0.383 e. The van der Waals surface area contributed by atoms with Crippen LogP contribution in [0.3, 0.4) is 0 Å². The predicted molar refractivity (Wildman–Crippen MR) is 113 cm³/mol. The van der Waals surface area contributed by atoms with E-state index in [-0.39, 0.29) is 30.6 Å². The first-order valence-corrected chi connectivity index (χ1v) is 9.67. The van der Waals surface area contributed by atoms with Gasteiger partial charge in [0.1, 0.15) is 5.82 Å². The number of aromatic amines is 1. The summed E-state index contributed by atoms with van der Waals surface area (Å²) in [6.07, 6.45) is 1.58. The second kappa shape index (κ2) is 9.70. The molecule has 0 spiro atoms. The van der Waals surface area contributed by atoms with Gasteiger partial charge in [-0.15, -0.1) is 0 Å². The third-order valence-corrected chi connectivity index (χ3v) is 4.79. The van der Waals surface area contributed by atoms with Gasteiger partial charge in [-0.2, -0.15) is 0 Å². The maximum absolute atomic E-state index is 13.0. The zero-order valence-corrected chi connectivity index (χ0v) is 17.5. The number of carbonyl (C=O) groups excluding carboxylic acids is 1. The van der Waals surface area contributed by atoms with Crippen molar-refractivity contribution < 1.29 is 9.53 Å². The molecule has 0 bridgehead atoms. The van der Waals surface area contributed by atoms with E-state index in [1.165, 1.54) is 16.6 Å². The molecule has 0 unspecified atom stereocenters. The van der Waals surface area contributed by atoms with E-state index in [2.05, 4.69) is 27.6 Å². The third kappa shape index (κ3) is 4.98. The Kier molecular flexibility index (Phi) is 7.60. The first-order chi connectivity index (χ1) is 12.9. The summed E-state index contributed by atoms with van der Waals surface area (Å²) < 4.78 is 7.36. The Morgan fingerprint density at radius 3 is 2.56 bits per heavy atom. The van der Waals surface area contributed by atoms with E-state index < -0.39 is 11.2 Å². The number of hydrogen-bond acceptors (Lipinski definition) is 5. The Balaban J connectivity index is 2.55. The summed E-state index contributed by atoms with van der Waals surface area (Å²) in [7, 11) is 1.50. The molecular formula is C18H23IN4O4. The summed E-state index contributed by atoms with van der Waals surface area (Å²) >= 11 is 2.14. The number of carbonyl (C=O) groups is 1. The molecule has 2 aromatic rings. The van der Waals surface area contributed by atoms with Gasteiger partial charge in [-0.25, -0.2) is 4.79 Å². The molecule has 0 aliphatic rings. The zero-order valence-electron chi connectivity index (χ0n) is 15.3. The fourth-order valence-corrected chi connectivity index (χ4v) is 2.98. The van der Waals surface area contributed by atoms with Crippen LogP contribution in [-0.2, 0) is 11.3 Å². The highest BCUT2D eigenvalue weighted by Gasteiger charge is 2.25. The van der Waals surface area contributed by atoms with E-state index in [9.17, 15) is 14.4 Å². The molecule has 9 heteroatoms. The molecule has 146 valence electrons. The maximum atomic E-state index is 13.0. The Morgan fingerprint density at radius 2 is 1.96 bits per heavy atom. The Labute approximate surface area is 170 Å².